The van der Waals surface area contributed by atoms with Crippen LogP contribution in [0.2, 0.25) is 0 Å². The second-order valence-corrected chi connectivity index (χ2v) is 6.30. The van der Waals surface area contributed by atoms with Crippen molar-refractivity contribution in [2.75, 3.05) is 28.2 Å². The molecule has 1 unspecified atom stereocenters. The topological polar surface area (TPSA) is 114 Å². The number of benzene rings is 1. The van der Waals surface area contributed by atoms with Gasteiger partial charge in [0.25, 0.3) is 5.91 Å². The number of hydrogen-bond donors (Lipinski definition) is 4. The zero-order valence-electron chi connectivity index (χ0n) is 15.1. The van der Waals surface area contributed by atoms with Crippen molar-refractivity contribution in [3.63, 3.8) is 0 Å². The molecule has 5 N–H and O–H groups in total. The minimum atomic E-state index is -0.611. The van der Waals surface area contributed by atoms with Gasteiger partial charge in [0.05, 0.1) is 30.2 Å². The second kappa shape index (κ2) is 7.83. The maximum absolute atomic E-state index is 12.6. The first-order chi connectivity index (χ1) is 13.7. The molecule has 3 aromatic rings. The highest BCUT2D eigenvalue weighted by molar-refractivity contribution is 5.95. The van der Waals surface area contributed by atoms with Crippen LogP contribution in [0.4, 0.5) is 22.9 Å². The van der Waals surface area contributed by atoms with Crippen molar-refractivity contribution >= 4 is 28.8 Å². The number of carbonyl (C=O) groups is 1. The Hall–Kier alpha value is -3.81. The van der Waals surface area contributed by atoms with Crippen molar-refractivity contribution in [1.82, 2.24) is 9.97 Å². The number of nitrogens with one attached hydrogen (secondary N) is 3. The predicted octanol–water partition coefficient (Wildman–Crippen LogP) is 2.48. The van der Waals surface area contributed by atoms with Crippen molar-refractivity contribution in [2.24, 2.45) is 0 Å². The average molecular weight is 376 g/mol. The van der Waals surface area contributed by atoms with E-state index in [4.69, 9.17) is 10.5 Å². The molecule has 1 aliphatic heterocycles. The molecular formula is C20H20N6O2. The van der Waals surface area contributed by atoms with Gasteiger partial charge in [-0.15, -0.1) is 0 Å². The number of rotatable bonds is 5. The molecule has 0 bridgehead atoms. The summed E-state index contributed by atoms with van der Waals surface area (Å²) >= 11 is 0. The Morgan fingerprint density at radius 3 is 2.96 bits per heavy atom. The number of nitrogens with zero attached hydrogens (tertiary/aromatic N) is 2. The van der Waals surface area contributed by atoms with Gasteiger partial charge in [0.15, 0.2) is 6.10 Å². The Morgan fingerprint density at radius 2 is 2.07 bits per heavy atom. The molecule has 1 aromatic carbocycles. The molecule has 4 rings (SSSR count). The molecule has 0 fully saturated rings. The number of ether oxygens (including phenoxy) is 1. The van der Waals surface area contributed by atoms with Crippen molar-refractivity contribution < 1.29 is 9.53 Å². The van der Waals surface area contributed by atoms with Gasteiger partial charge in [-0.05, 0) is 36.4 Å². The first-order valence-corrected chi connectivity index (χ1v) is 8.89. The molecule has 8 heteroatoms. The van der Waals surface area contributed by atoms with Gasteiger partial charge in [-0.1, -0.05) is 12.1 Å². The molecule has 2 aromatic heterocycles. The molecule has 0 spiro atoms. The third kappa shape index (κ3) is 3.96. The summed E-state index contributed by atoms with van der Waals surface area (Å²) in [6, 6.07) is 14.7. The summed E-state index contributed by atoms with van der Waals surface area (Å²) in [7, 11) is 0. The van der Waals surface area contributed by atoms with E-state index < -0.39 is 6.10 Å². The first kappa shape index (κ1) is 17.6. The number of pyridine rings is 2. The van der Waals surface area contributed by atoms with Gasteiger partial charge in [0.1, 0.15) is 11.6 Å². The van der Waals surface area contributed by atoms with Crippen molar-refractivity contribution in [3.05, 3.63) is 66.6 Å². The lowest BCUT2D eigenvalue weighted by atomic mass is 10.2. The van der Waals surface area contributed by atoms with Crippen molar-refractivity contribution in [3.8, 4) is 5.75 Å². The highest BCUT2D eigenvalue weighted by Crippen LogP contribution is 2.28. The highest BCUT2D eigenvalue weighted by atomic mass is 16.5. The second-order valence-electron chi connectivity index (χ2n) is 6.30. The number of nitrogen functional groups attached to an aromatic ring is 1. The Kier molecular flexibility index (Phi) is 4.92. The summed E-state index contributed by atoms with van der Waals surface area (Å²) in [6.07, 6.45) is 2.67. The van der Waals surface area contributed by atoms with Crippen LogP contribution in [0.25, 0.3) is 0 Å². The van der Waals surface area contributed by atoms with Gasteiger partial charge in [-0.3, -0.25) is 9.78 Å². The van der Waals surface area contributed by atoms with Crippen LogP contribution in [0.5, 0.6) is 5.75 Å². The first-order valence-electron chi connectivity index (χ1n) is 8.89. The van der Waals surface area contributed by atoms with Crippen LogP contribution in [-0.2, 0) is 11.3 Å². The Morgan fingerprint density at radius 1 is 1.18 bits per heavy atom. The number of aromatic nitrogens is 2. The molecule has 0 radical (unpaired) electrons. The zero-order chi connectivity index (χ0) is 19.3. The van der Waals surface area contributed by atoms with Gasteiger partial charge in [0.2, 0.25) is 0 Å². The highest BCUT2D eigenvalue weighted by Gasteiger charge is 2.25. The summed E-state index contributed by atoms with van der Waals surface area (Å²) in [4.78, 5) is 20.9. The van der Waals surface area contributed by atoms with E-state index in [-0.39, 0.29) is 5.91 Å². The fraction of sp³-hybridized carbons (Fsp3) is 0.150. The molecule has 1 aliphatic rings. The Balaban J connectivity index is 1.38. The van der Waals surface area contributed by atoms with Crippen molar-refractivity contribution in [2.45, 2.75) is 12.6 Å². The molecule has 28 heavy (non-hydrogen) atoms. The third-order valence-corrected chi connectivity index (χ3v) is 4.31. The largest absolute Gasteiger partial charge is 0.477 e. The molecule has 0 saturated carbocycles. The monoisotopic (exact) mass is 376 g/mol. The standard InChI is InChI=1S/C20H20N6O2/c21-19-16(5-3-8-23-19)24-11-14-10-13(7-9-22-14)26-20(27)18-12-25-15-4-1-2-6-17(15)28-18/h1-10,18,24-25H,11-12H2,(H2,21,23)(H,22,26,27). The number of hydrogen-bond acceptors (Lipinski definition) is 7. The normalized spacial score (nSPS) is 14.9. The molecular weight excluding hydrogens is 356 g/mol. The molecule has 0 saturated heterocycles. The van der Waals surface area contributed by atoms with Crippen LogP contribution in [0.1, 0.15) is 5.69 Å². The fourth-order valence-electron chi connectivity index (χ4n) is 2.89. The summed E-state index contributed by atoms with van der Waals surface area (Å²) in [5.74, 6) is 0.875. The predicted molar refractivity (Wildman–Crippen MR) is 108 cm³/mol. The lowest BCUT2D eigenvalue weighted by Crippen LogP contribution is -2.41. The minimum Gasteiger partial charge on any atom is -0.477 e. The van der Waals surface area contributed by atoms with E-state index >= 15 is 0 Å². The van der Waals surface area contributed by atoms with E-state index in [1.54, 1.807) is 24.5 Å². The van der Waals surface area contributed by atoms with E-state index in [2.05, 4.69) is 25.9 Å². The average Bonchev–Trinajstić information content (AvgIpc) is 2.73. The maximum atomic E-state index is 12.6. The Bertz CT molecular complexity index is 994. The third-order valence-electron chi connectivity index (χ3n) is 4.31. The summed E-state index contributed by atoms with van der Waals surface area (Å²) in [6.45, 7) is 0.858. The number of amides is 1. The number of carbonyl (C=O) groups excluding carboxylic acids is 1. The number of para-hydroxylation sites is 2. The summed E-state index contributed by atoms with van der Waals surface area (Å²) in [5.41, 5.74) is 8.86. The van der Waals surface area contributed by atoms with Crippen LogP contribution in [0, 0.1) is 0 Å². The maximum Gasteiger partial charge on any atom is 0.267 e. The quantitative estimate of drug-likeness (QED) is 0.541. The van der Waals surface area contributed by atoms with Gasteiger partial charge in [0, 0.05) is 18.1 Å². The van der Waals surface area contributed by atoms with Crippen LogP contribution < -0.4 is 26.4 Å². The van der Waals surface area contributed by atoms with Crippen LogP contribution in [0.15, 0.2) is 60.9 Å². The number of fused-ring (bicyclic) bond motifs is 1. The molecule has 1 atom stereocenters. The molecule has 0 aliphatic carbocycles. The van der Waals surface area contributed by atoms with Crippen LogP contribution in [-0.4, -0.2) is 28.5 Å². The zero-order valence-corrected chi connectivity index (χ0v) is 15.1. The molecule has 8 nitrogen and oxygen atoms in total. The summed E-state index contributed by atoms with van der Waals surface area (Å²) in [5, 5.41) is 9.28. The van der Waals surface area contributed by atoms with Gasteiger partial charge in [-0.25, -0.2) is 4.98 Å². The number of anilines is 4. The van der Waals surface area contributed by atoms with Gasteiger partial charge < -0.3 is 26.4 Å². The van der Waals surface area contributed by atoms with Crippen molar-refractivity contribution in [1.29, 1.82) is 0 Å². The number of nitrogens with two attached hydrogens (primary N) is 1. The van der Waals surface area contributed by atoms with E-state index in [1.807, 2.05) is 36.4 Å². The van der Waals surface area contributed by atoms with Crippen LogP contribution in [0.3, 0.4) is 0 Å². The Labute approximate surface area is 162 Å². The molecule has 3 heterocycles. The SMILES string of the molecule is Nc1ncccc1NCc1cc(NC(=O)C2CNc3ccccc3O2)ccn1. The lowest BCUT2D eigenvalue weighted by Gasteiger charge is -2.26. The van der Waals surface area contributed by atoms with Gasteiger partial charge in [-0.2, -0.15) is 0 Å². The lowest BCUT2D eigenvalue weighted by molar-refractivity contribution is -0.122. The smallest absolute Gasteiger partial charge is 0.267 e. The minimum absolute atomic E-state index is 0.219. The van der Waals surface area contributed by atoms with E-state index in [1.165, 1.54) is 0 Å². The molecule has 1 amide bonds. The van der Waals surface area contributed by atoms with E-state index in [9.17, 15) is 4.79 Å². The van der Waals surface area contributed by atoms with E-state index in [0.717, 1.165) is 17.1 Å². The van der Waals surface area contributed by atoms with Gasteiger partial charge >= 0.3 is 0 Å². The molecule has 142 valence electrons. The van der Waals surface area contributed by atoms with E-state index in [0.29, 0.717) is 30.3 Å². The summed E-state index contributed by atoms with van der Waals surface area (Å²) < 4.78 is 5.79. The van der Waals surface area contributed by atoms with Crippen LogP contribution >= 0.6 is 0 Å². The fourth-order valence-corrected chi connectivity index (χ4v) is 2.89.